The number of tetrazole rings is 1. The van der Waals surface area contributed by atoms with Crippen molar-refractivity contribution in [2.24, 2.45) is 0 Å². The molecule has 132 valence electrons. The van der Waals surface area contributed by atoms with Crippen LogP contribution in [-0.4, -0.2) is 54.7 Å². The van der Waals surface area contributed by atoms with E-state index in [1.807, 2.05) is 18.2 Å². The molecule has 3 heterocycles. The largest absolute Gasteiger partial charge is 0.341 e. The second-order valence-electron chi connectivity index (χ2n) is 7.62. The summed E-state index contributed by atoms with van der Waals surface area (Å²) in [4.78, 5) is 11.0. The van der Waals surface area contributed by atoms with Gasteiger partial charge in [-0.1, -0.05) is 26.7 Å². The molecule has 2 aromatic heterocycles. The summed E-state index contributed by atoms with van der Waals surface area (Å²) >= 11 is 0. The van der Waals surface area contributed by atoms with E-state index in [0.717, 1.165) is 29.1 Å². The summed E-state index contributed by atoms with van der Waals surface area (Å²) in [6, 6.07) is 6.06. The first-order valence-electron chi connectivity index (χ1n) is 9.08. The maximum atomic E-state index is 4.85. The molecule has 0 aliphatic carbocycles. The first-order chi connectivity index (χ1) is 12.1. The third-order valence-corrected chi connectivity index (χ3v) is 5.04. The summed E-state index contributed by atoms with van der Waals surface area (Å²) in [5, 5.41) is 11.3. The Bertz CT molecular complexity index is 826. The number of rotatable bonds is 4. The molecular weight excluding hydrogens is 314 g/mol. The number of nitrogens with zero attached hydrogens (tertiary/aromatic N) is 6. The van der Waals surface area contributed by atoms with Gasteiger partial charge >= 0.3 is 0 Å². The molecule has 1 N–H and O–H groups in total. The van der Waals surface area contributed by atoms with Crippen molar-refractivity contribution in [3.8, 4) is 5.69 Å². The van der Waals surface area contributed by atoms with Crippen LogP contribution in [0, 0.1) is 0 Å². The van der Waals surface area contributed by atoms with Gasteiger partial charge in [-0.05, 0) is 54.6 Å². The SMILES string of the molecule is CC(C)(CN1CCCCCC1)c1nc2ccc(-n3cnnn3)cc2[nH]1. The van der Waals surface area contributed by atoms with E-state index in [-0.39, 0.29) is 5.41 Å². The summed E-state index contributed by atoms with van der Waals surface area (Å²) in [6.45, 7) is 7.99. The molecule has 7 heteroatoms. The van der Waals surface area contributed by atoms with Crippen molar-refractivity contribution in [1.29, 1.82) is 0 Å². The Morgan fingerprint density at radius 2 is 1.92 bits per heavy atom. The number of H-pyrrole nitrogens is 1. The Kier molecular flexibility index (Phi) is 4.25. The summed E-state index contributed by atoms with van der Waals surface area (Å²) in [5.41, 5.74) is 2.92. The number of hydrogen-bond donors (Lipinski definition) is 1. The van der Waals surface area contributed by atoms with Crippen molar-refractivity contribution in [2.75, 3.05) is 19.6 Å². The molecule has 0 atom stereocenters. The molecule has 0 unspecified atom stereocenters. The highest BCUT2D eigenvalue weighted by atomic mass is 15.5. The first kappa shape index (κ1) is 16.2. The third kappa shape index (κ3) is 3.42. The highest BCUT2D eigenvalue weighted by Gasteiger charge is 2.27. The van der Waals surface area contributed by atoms with Crippen molar-refractivity contribution < 1.29 is 0 Å². The van der Waals surface area contributed by atoms with Crippen LogP contribution in [0.2, 0.25) is 0 Å². The monoisotopic (exact) mass is 339 g/mol. The van der Waals surface area contributed by atoms with Crippen molar-refractivity contribution in [2.45, 2.75) is 44.9 Å². The smallest absolute Gasteiger partial charge is 0.143 e. The van der Waals surface area contributed by atoms with Gasteiger partial charge in [-0.3, -0.25) is 0 Å². The van der Waals surface area contributed by atoms with E-state index in [2.05, 4.69) is 39.3 Å². The average molecular weight is 339 g/mol. The molecular formula is C18H25N7. The predicted octanol–water partition coefficient (Wildman–Crippen LogP) is 2.69. The fourth-order valence-corrected chi connectivity index (χ4v) is 3.67. The molecule has 0 bridgehead atoms. The Balaban J connectivity index is 1.59. The van der Waals surface area contributed by atoms with E-state index in [1.165, 1.54) is 38.8 Å². The van der Waals surface area contributed by atoms with Gasteiger partial charge < -0.3 is 9.88 Å². The summed E-state index contributed by atoms with van der Waals surface area (Å²) in [7, 11) is 0. The lowest BCUT2D eigenvalue weighted by molar-refractivity contribution is 0.227. The van der Waals surface area contributed by atoms with E-state index in [0.29, 0.717) is 0 Å². The molecule has 25 heavy (non-hydrogen) atoms. The molecule has 1 fully saturated rings. The van der Waals surface area contributed by atoms with Gasteiger partial charge in [0.25, 0.3) is 0 Å². The molecule has 1 aliphatic heterocycles. The summed E-state index contributed by atoms with van der Waals surface area (Å²) in [6.07, 6.45) is 6.95. The van der Waals surface area contributed by atoms with Crippen LogP contribution in [-0.2, 0) is 5.41 Å². The fourth-order valence-electron chi connectivity index (χ4n) is 3.67. The third-order valence-electron chi connectivity index (χ3n) is 5.04. The molecule has 0 amide bonds. The van der Waals surface area contributed by atoms with Crippen molar-refractivity contribution >= 4 is 11.0 Å². The second kappa shape index (κ2) is 6.55. The number of likely N-dealkylation sites (tertiary alicyclic amines) is 1. The van der Waals surface area contributed by atoms with Crippen LogP contribution in [0.15, 0.2) is 24.5 Å². The highest BCUT2D eigenvalue weighted by molar-refractivity contribution is 5.77. The fraction of sp³-hybridized carbons (Fsp3) is 0.556. The normalized spacial score (nSPS) is 17.0. The molecule has 0 spiro atoms. The molecule has 4 rings (SSSR count). The second-order valence-corrected chi connectivity index (χ2v) is 7.62. The van der Waals surface area contributed by atoms with Gasteiger partial charge in [0.05, 0.1) is 16.7 Å². The molecule has 1 saturated heterocycles. The highest BCUT2D eigenvalue weighted by Crippen LogP contribution is 2.26. The van der Waals surface area contributed by atoms with Gasteiger partial charge in [0.15, 0.2) is 0 Å². The van der Waals surface area contributed by atoms with Crippen molar-refractivity contribution in [1.82, 2.24) is 35.1 Å². The molecule has 7 nitrogen and oxygen atoms in total. The zero-order valence-electron chi connectivity index (χ0n) is 14.9. The first-order valence-corrected chi connectivity index (χ1v) is 9.08. The Labute approximate surface area is 147 Å². The number of aromatic nitrogens is 6. The van der Waals surface area contributed by atoms with E-state index in [9.17, 15) is 0 Å². The van der Waals surface area contributed by atoms with Crippen molar-refractivity contribution in [3.63, 3.8) is 0 Å². The number of hydrogen-bond acceptors (Lipinski definition) is 5. The number of imidazole rings is 1. The maximum Gasteiger partial charge on any atom is 0.143 e. The van der Waals surface area contributed by atoms with Gasteiger partial charge in [0, 0.05) is 12.0 Å². The van der Waals surface area contributed by atoms with Crippen LogP contribution in [0.4, 0.5) is 0 Å². The Morgan fingerprint density at radius 3 is 2.64 bits per heavy atom. The number of benzene rings is 1. The van der Waals surface area contributed by atoms with Crippen LogP contribution in [0.5, 0.6) is 0 Å². The van der Waals surface area contributed by atoms with Gasteiger partial charge in [0.2, 0.25) is 0 Å². The van der Waals surface area contributed by atoms with Crippen LogP contribution in [0.25, 0.3) is 16.7 Å². The van der Waals surface area contributed by atoms with E-state index in [4.69, 9.17) is 4.98 Å². The van der Waals surface area contributed by atoms with E-state index < -0.39 is 0 Å². The Hall–Kier alpha value is -2.28. The minimum Gasteiger partial charge on any atom is -0.341 e. The molecule has 0 radical (unpaired) electrons. The van der Waals surface area contributed by atoms with E-state index >= 15 is 0 Å². The Morgan fingerprint density at radius 1 is 1.12 bits per heavy atom. The summed E-state index contributed by atoms with van der Waals surface area (Å²) < 4.78 is 1.66. The van der Waals surface area contributed by atoms with Crippen LogP contribution >= 0.6 is 0 Å². The van der Waals surface area contributed by atoms with Gasteiger partial charge in [-0.25, -0.2) is 9.67 Å². The van der Waals surface area contributed by atoms with Crippen LogP contribution in [0.3, 0.4) is 0 Å². The molecule has 0 saturated carbocycles. The van der Waals surface area contributed by atoms with E-state index in [1.54, 1.807) is 11.0 Å². The molecule has 3 aromatic rings. The lowest BCUT2D eigenvalue weighted by Gasteiger charge is -2.30. The van der Waals surface area contributed by atoms with Gasteiger partial charge in [0.1, 0.15) is 12.2 Å². The van der Waals surface area contributed by atoms with Gasteiger partial charge in [-0.2, -0.15) is 0 Å². The average Bonchev–Trinajstić information content (AvgIpc) is 3.20. The summed E-state index contributed by atoms with van der Waals surface area (Å²) in [5.74, 6) is 1.04. The zero-order chi connectivity index (χ0) is 17.3. The van der Waals surface area contributed by atoms with Crippen LogP contribution in [0.1, 0.15) is 45.4 Å². The molecule has 1 aromatic carbocycles. The predicted molar refractivity (Wildman–Crippen MR) is 96.7 cm³/mol. The number of fused-ring (bicyclic) bond motifs is 1. The number of aromatic amines is 1. The van der Waals surface area contributed by atoms with Crippen LogP contribution < -0.4 is 0 Å². The van der Waals surface area contributed by atoms with Gasteiger partial charge in [-0.15, -0.1) is 5.10 Å². The maximum absolute atomic E-state index is 4.85. The lowest BCUT2D eigenvalue weighted by atomic mass is 9.91. The lowest BCUT2D eigenvalue weighted by Crippen LogP contribution is -2.38. The topological polar surface area (TPSA) is 75.5 Å². The standard InChI is InChI=1S/C18H25N7/c1-18(2,12-24-9-5-3-4-6-10-24)17-20-15-8-7-14(11-16(15)21-17)25-13-19-22-23-25/h7-8,11,13H,3-6,9-10,12H2,1-2H3,(H,20,21). The quantitative estimate of drug-likeness (QED) is 0.791. The molecule has 1 aliphatic rings. The minimum absolute atomic E-state index is 0.0155. The minimum atomic E-state index is -0.0155. The van der Waals surface area contributed by atoms with Crippen molar-refractivity contribution in [3.05, 3.63) is 30.4 Å². The number of nitrogens with one attached hydrogen (secondary N) is 1. The zero-order valence-corrected chi connectivity index (χ0v) is 14.9.